The average Bonchev–Trinajstić information content (AvgIpc) is 2.95. The van der Waals surface area contributed by atoms with Gasteiger partial charge in [-0.3, -0.25) is 4.79 Å². The average molecular weight is 564 g/mol. The molecular weight excluding hydrogens is 520 g/mol. The highest BCUT2D eigenvalue weighted by molar-refractivity contribution is 6.01. The number of carbonyl (C=O) groups excluding carboxylic acids is 2. The van der Waals surface area contributed by atoms with Crippen LogP contribution in [0.5, 0.6) is 0 Å². The van der Waals surface area contributed by atoms with E-state index in [2.05, 4.69) is 36.2 Å². The number of benzene rings is 2. The first-order chi connectivity index (χ1) is 20.1. The van der Waals surface area contributed by atoms with Gasteiger partial charge in [0.05, 0.1) is 29.2 Å². The minimum atomic E-state index is -0.577. The summed E-state index contributed by atoms with van der Waals surface area (Å²) in [5.41, 5.74) is 6.47. The summed E-state index contributed by atoms with van der Waals surface area (Å²) in [6, 6.07) is 20.6. The maximum Gasteiger partial charge on any atom is 0.336 e. The number of hydrogen-bond acceptors (Lipinski definition) is 4. The van der Waals surface area contributed by atoms with Gasteiger partial charge in [-0.15, -0.1) is 0 Å². The molecule has 5 heteroatoms. The zero-order valence-electron chi connectivity index (χ0n) is 25.7. The van der Waals surface area contributed by atoms with E-state index in [4.69, 9.17) is 4.74 Å². The van der Waals surface area contributed by atoms with Crippen LogP contribution in [0.4, 0.5) is 0 Å². The van der Waals surface area contributed by atoms with Gasteiger partial charge in [-0.05, 0) is 65.7 Å². The predicted octanol–water partition coefficient (Wildman–Crippen LogP) is 7.42. The topological polar surface area (TPSA) is 58.6 Å². The molecule has 0 fully saturated rings. The number of amides is 1. The molecule has 0 spiro atoms. The zero-order valence-corrected chi connectivity index (χ0v) is 25.7. The van der Waals surface area contributed by atoms with Gasteiger partial charge in [0.25, 0.3) is 5.91 Å². The van der Waals surface area contributed by atoms with E-state index in [-0.39, 0.29) is 30.5 Å². The lowest BCUT2D eigenvalue weighted by atomic mass is 9.77. The molecule has 1 aliphatic heterocycles. The van der Waals surface area contributed by atoms with Crippen LogP contribution < -0.4 is 5.32 Å². The number of carbonyl (C=O) groups is 2. The monoisotopic (exact) mass is 563 g/mol. The molecule has 0 saturated heterocycles. The van der Waals surface area contributed by atoms with Crippen LogP contribution in [0.15, 0.2) is 119 Å². The molecule has 218 valence electrons. The summed E-state index contributed by atoms with van der Waals surface area (Å²) in [5, 5.41) is 3.33. The molecule has 1 N–H and O–H groups in total. The van der Waals surface area contributed by atoms with E-state index < -0.39 is 11.9 Å². The smallest absolute Gasteiger partial charge is 0.336 e. The van der Waals surface area contributed by atoms with Crippen molar-refractivity contribution in [2.45, 2.75) is 66.0 Å². The van der Waals surface area contributed by atoms with Crippen LogP contribution in [0.25, 0.3) is 0 Å². The lowest BCUT2D eigenvalue weighted by Crippen LogP contribution is -2.46. The Kier molecular flexibility index (Phi) is 9.95. The first-order valence-corrected chi connectivity index (χ1v) is 14.8. The van der Waals surface area contributed by atoms with Crippen molar-refractivity contribution in [2.75, 3.05) is 6.61 Å². The highest BCUT2D eigenvalue weighted by Crippen LogP contribution is 2.40. The third-order valence-electron chi connectivity index (χ3n) is 7.89. The quantitative estimate of drug-likeness (QED) is 0.241. The van der Waals surface area contributed by atoms with Crippen molar-refractivity contribution < 1.29 is 14.3 Å². The van der Waals surface area contributed by atoms with Crippen LogP contribution in [-0.2, 0) is 14.3 Å². The van der Waals surface area contributed by atoms with Crippen LogP contribution in [-0.4, -0.2) is 35.5 Å². The van der Waals surface area contributed by atoms with E-state index in [9.17, 15) is 9.59 Å². The van der Waals surface area contributed by atoms with E-state index in [1.165, 1.54) is 11.1 Å². The van der Waals surface area contributed by atoms with Crippen LogP contribution in [0.1, 0.15) is 65.0 Å². The molecule has 0 saturated carbocycles. The van der Waals surface area contributed by atoms with E-state index >= 15 is 0 Å². The van der Waals surface area contributed by atoms with Gasteiger partial charge in [0.15, 0.2) is 0 Å². The fourth-order valence-corrected chi connectivity index (χ4v) is 6.10. The summed E-state index contributed by atoms with van der Waals surface area (Å²) in [4.78, 5) is 30.0. The van der Waals surface area contributed by atoms with E-state index in [0.29, 0.717) is 23.3 Å². The second kappa shape index (κ2) is 13.6. The van der Waals surface area contributed by atoms with Gasteiger partial charge >= 0.3 is 5.97 Å². The van der Waals surface area contributed by atoms with Crippen LogP contribution in [0.2, 0.25) is 0 Å². The third-order valence-corrected chi connectivity index (χ3v) is 7.89. The highest BCUT2D eigenvalue weighted by Gasteiger charge is 2.41. The molecule has 2 aromatic rings. The van der Waals surface area contributed by atoms with Gasteiger partial charge in [0, 0.05) is 59.6 Å². The van der Waals surface area contributed by atoms with Crippen molar-refractivity contribution in [3.63, 3.8) is 0 Å². The van der Waals surface area contributed by atoms with Crippen molar-refractivity contribution in [3.8, 4) is 0 Å². The van der Waals surface area contributed by atoms with Crippen LogP contribution in [0, 0.1) is 12.3 Å². The Morgan fingerprint density at radius 2 is 1.45 bits per heavy atom. The van der Waals surface area contributed by atoms with Gasteiger partial charge in [-0.2, -0.15) is 0 Å². The van der Waals surface area contributed by atoms with E-state index in [1.54, 1.807) is 0 Å². The number of allylic oxidation sites excluding steroid dienone is 7. The zero-order chi connectivity index (χ0) is 30.4. The maximum absolute atomic E-state index is 14.2. The fraction of sp³-hybridized carbons (Fsp3) is 0.324. The third kappa shape index (κ3) is 6.79. The standard InChI is InChI=1S/C37H42N2O3/c1-24(2)39(25(3)4)36(40)33-27(6)38-28(7)34(35(33)31-20-14-15-26(5)23-31)37(41)42-22-21-32(29-16-10-8-11-17-29)30-18-12-9-13-19-30/h8-20,23-25,32,35H,5,21-22H2,1-4,6-7H3/p+1. The summed E-state index contributed by atoms with van der Waals surface area (Å²) in [6.07, 6.45) is 8.38. The summed E-state index contributed by atoms with van der Waals surface area (Å²) < 4.78 is 6.03. The second-order valence-corrected chi connectivity index (χ2v) is 11.6. The molecule has 2 aliphatic rings. The molecule has 0 radical (unpaired) electrons. The molecular formula is C37H43N2O3+. The Bertz CT molecular complexity index is 1380. The van der Waals surface area contributed by atoms with E-state index in [0.717, 1.165) is 16.8 Å². The SMILES string of the molecule is C=C1C=C(C2C(C(=O)OCCC(c3ccccc3)c3ccccc3)=C(C)NC(C)=C2C(=O)N(C(C)C)C(C)C)C=C[CH+]1. The minimum Gasteiger partial charge on any atom is -0.462 e. The molecule has 1 amide bonds. The van der Waals surface area contributed by atoms with Crippen LogP contribution >= 0.6 is 0 Å². The highest BCUT2D eigenvalue weighted by atomic mass is 16.5. The van der Waals surface area contributed by atoms with Crippen LogP contribution in [0.3, 0.4) is 0 Å². The van der Waals surface area contributed by atoms with Crippen molar-refractivity contribution >= 4 is 11.9 Å². The normalized spacial score (nSPS) is 16.9. The van der Waals surface area contributed by atoms with Crippen molar-refractivity contribution in [1.82, 2.24) is 10.2 Å². The molecule has 42 heavy (non-hydrogen) atoms. The molecule has 5 nitrogen and oxygen atoms in total. The number of rotatable bonds is 10. The lowest BCUT2D eigenvalue weighted by Gasteiger charge is -2.37. The Hall–Kier alpha value is -4.25. The van der Waals surface area contributed by atoms with Crippen molar-refractivity contribution in [3.05, 3.63) is 137 Å². The molecule has 1 heterocycles. The first kappa shape index (κ1) is 30.7. The van der Waals surface area contributed by atoms with Crippen molar-refractivity contribution in [2.24, 2.45) is 5.92 Å². The minimum absolute atomic E-state index is 0.00654. The Labute approximate surface area is 251 Å². The van der Waals surface area contributed by atoms with Gasteiger partial charge in [0.1, 0.15) is 0 Å². The Balaban J connectivity index is 1.65. The summed E-state index contributed by atoms with van der Waals surface area (Å²) in [6.45, 7) is 16.2. The molecule has 1 atom stereocenters. The molecule has 1 aliphatic carbocycles. The summed E-state index contributed by atoms with van der Waals surface area (Å²) in [5.74, 6) is -0.997. The second-order valence-electron chi connectivity index (χ2n) is 11.6. The molecule has 1 unspecified atom stereocenters. The molecule has 0 bridgehead atoms. The summed E-state index contributed by atoms with van der Waals surface area (Å²) in [7, 11) is 0. The molecule has 4 rings (SSSR count). The van der Waals surface area contributed by atoms with Gasteiger partial charge in [0.2, 0.25) is 0 Å². The number of hydrogen-bond donors (Lipinski definition) is 1. The van der Waals surface area contributed by atoms with Gasteiger partial charge in [-0.25, -0.2) is 4.79 Å². The van der Waals surface area contributed by atoms with Gasteiger partial charge < -0.3 is 15.0 Å². The number of nitrogens with zero attached hydrogens (tertiary/aromatic N) is 1. The largest absolute Gasteiger partial charge is 0.462 e. The predicted molar refractivity (Wildman–Crippen MR) is 170 cm³/mol. The van der Waals surface area contributed by atoms with Gasteiger partial charge in [-0.1, -0.05) is 60.7 Å². The van der Waals surface area contributed by atoms with E-state index in [1.807, 2.05) is 107 Å². The Morgan fingerprint density at radius 1 is 0.905 bits per heavy atom. The maximum atomic E-state index is 14.2. The molecule has 0 aromatic heterocycles. The first-order valence-electron chi connectivity index (χ1n) is 14.8. The summed E-state index contributed by atoms with van der Waals surface area (Å²) >= 11 is 0. The lowest BCUT2D eigenvalue weighted by molar-refractivity contribution is -0.139. The Morgan fingerprint density at radius 3 is 1.98 bits per heavy atom. The van der Waals surface area contributed by atoms with Crippen molar-refractivity contribution in [1.29, 1.82) is 0 Å². The number of dihydropyridines is 1. The molecule has 2 aromatic carbocycles. The number of ether oxygens (including phenoxy) is 1. The number of nitrogens with one attached hydrogen (secondary N) is 1. The fourth-order valence-electron chi connectivity index (χ4n) is 6.10. The number of esters is 1.